The van der Waals surface area contributed by atoms with Crippen molar-refractivity contribution in [3.63, 3.8) is 0 Å². The van der Waals surface area contributed by atoms with Gasteiger partial charge in [0.25, 0.3) is 5.91 Å². The van der Waals surface area contributed by atoms with E-state index >= 15 is 0 Å². The molecule has 8 nitrogen and oxygen atoms in total. The number of pyridine rings is 1. The summed E-state index contributed by atoms with van der Waals surface area (Å²) in [5.41, 5.74) is 0.829. The van der Waals surface area contributed by atoms with Gasteiger partial charge in [0.1, 0.15) is 11.4 Å². The van der Waals surface area contributed by atoms with Gasteiger partial charge in [0.2, 0.25) is 0 Å². The van der Waals surface area contributed by atoms with Crippen LogP contribution in [0.5, 0.6) is 0 Å². The lowest BCUT2D eigenvalue weighted by Crippen LogP contribution is -2.25. The molecule has 0 unspecified atom stereocenters. The number of amides is 1. The van der Waals surface area contributed by atoms with Gasteiger partial charge in [-0.2, -0.15) is 0 Å². The highest BCUT2D eigenvalue weighted by Gasteiger charge is 2.22. The summed E-state index contributed by atoms with van der Waals surface area (Å²) >= 11 is 0. The number of carbonyl (C=O) groups is 3. The highest BCUT2D eigenvalue weighted by atomic mass is 16.5. The van der Waals surface area contributed by atoms with Gasteiger partial charge in [0.05, 0.1) is 18.4 Å². The summed E-state index contributed by atoms with van der Waals surface area (Å²) in [6.07, 6.45) is 3.72. The molecule has 0 spiro atoms. The molecule has 3 rings (SSSR count). The molecule has 28 heavy (non-hydrogen) atoms. The topological polar surface area (TPSA) is 97.8 Å². The maximum atomic E-state index is 12.5. The second-order valence-electron chi connectivity index (χ2n) is 6.23. The van der Waals surface area contributed by atoms with Crippen molar-refractivity contribution in [1.29, 1.82) is 0 Å². The average Bonchev–Trinajstić information content (AvgIpc) is 3.26. The van der Waals surface area contributed by atoms with Crippen LogP contribution in [-0.4, -0.2) is 49.6 Å². The zero-order chi connectivity index (χ0) is 19.9. The molecule has 146 valence electrons. The van der Waals surface area contributed by atoms with Gasteiger partial charge in [0, 0.05) is 19.3 Å². The summed E-state index contributed by atoms with van der Waals surface area (Å²) in [5.74, 6) is -1.18. The first-order valence-electron chi connectivity index (χ1n) is 8.94. The zero-order valence-corrected chi connectivity index (χ0v) is 15.5. The Morgan fingerprint density at radius 3 is 2.50 bits per heavy atom. The fourth-order valence-corrected chi connectivity index (χ4v) is 3.01. The standard InChI is InChI=1S/C20H21N3O5/c1-27-19(25)14-7-2-3-9-16(14)22-17(24)13-28-20(26)15-8-6-10-21-18(15)23-11-4-5-12-23/h2-3,6-10H,4-5,11-13H2,1H3,(H,22,24). The number of nitrogens with zero attached hydrogens (tertiary/aromatic N) is 2. The first-order valence-corrected chi connectivity index (χ1v) is 8.94. The third-order valence-electron chi connectivity index (χ3n) is 4.35. The predicted molar refractivity (Wildman–Crippen MR) is 102 cm³/mol. The van der Waals surface area contributed by atoms with Crippen molar-refractivity contribution < 1.29 is 23.9 Å². The molecule has 1 saturated heterocycles. The Balaban J connectivity index is 1.63. The molecule has 8 heteroatoms. The second-order valence-corrected chi connectivity index (χ2v) is 6.23. The van der Waals surface area contributed by atoms with Gasteiger partial charge < -0.3 is 19.7 Å². The summed E-state index contributed by atoms with van der Waals surface area (Å²) in [6, 6.07) is 9.72. The molecule has 0 aliphatic carbocycles. The molecule has 1 aromatic carbocycles. The normalized spacial score (nSPS) is 13.1. The number of hydrogen-bond acceptors (Lipinski definition) is 7. The summed E-state index contributed by atoms with van der Waals surface area (Å²) in [6.45, 7) is 1.19. The number of carbonyl (C=O) groups excluding carboxylic acids is 3. The Hall–Kier alpha value is -3.42. The van der Waals surface area contributed by atoms with E-state index in [9.17, 15) is 14.4 Å². The number of benzene rings is 1. The number of anilines is 2. The minimum Gasteiger partial charge on any atom is -0.465 e. The van der Waals surface area contributed by atoms with Crippen LogP contribution in [0.3, 0.4) is 0 Å². The van der Waals surface area contributed by atoms with Gasteiger partial charge in [-0.25, -0.2) is 14.6 Å². The van der Waals surface area contributed by atoms with Crippen molar-refractivity contribution in [1.82, 2.24) is 4.98 Å². The van der Waals surface area contributed by atoms with E-state index < -0.39 is 24.5 Å². The van der Waals surface area contributed by atoms with Crippen LogP contribution in [0.2, 0.25) is 0 Å². The van der Waals surface area contributed by atoms with E-state index in [2.05, 4.69) is 15.0 Å². The monoisotopic (exact) mass is 383 g/mol. The summed E-state index contributed by atoms with van der Waals surface area (Å²) in [7, 11) is 1.26. The van der Waals surface area contributed by atoms with E-state index in [1.54, 1.807) is 36.5 Å². The molecule has 0 saturated carbocycles. The van der Waals surface area contributed by atoms with Crippen LogP contribution in [0.25, 0.3) is 0 Å². The number of esters is 2. The molecule has 0 radical (unpaired) electrons. The molecule has 1 amide bonds. The maximum Gasteiger partial charge on any atom is 0.342 e. The largest absolute Gasteiger partial charge is 0.465 e. The van der Waals surface area contributed by atoms with Crippen molar-refractivity contribution in [3.05, 3.63) is 53.7 Å². The third kappa shape index (κ3) is 4.46. The van der Waals surface area contributed by atoms with Crippen LogP contribution in [-0.2, 0) is 14.3 Å². The van der Waals surface area contributed by atoms with E-state index in [1.807, 2.05) is 4.90 Å². The Morgan fingerprint density at radius 1 is 1.04 bits per heavy atom. The smallest absolute Gasteiger partial charge is 0.342 e. The fourth-order valence-electron chi connectivity index (χ4n) is 3.01. The highest BCUT2D eigenvalue weighted by molar-refractivity contribution is 6.02. The summed E-state index contributed by atoms with van der Waals surface area (Å²) in [4.78, 5) is 42.7. The lowest BCUT2D eigenvalue weighted by Gasteiger charge is -2.18. The lowest BCUT2D eigenvalue weighted by atomic mass is 10.2. The maximum absolute atomic E-state index is 12.5. The Labute approximate surface area is 162 Å². The molecule has 1 fully saturated rings. The lowest BCUT2D eigenvalue weighted by molar-refractivity contribution is -0.119. The number of nitrogens with one attached hydrogen (secondary N) is 1. The van der Waals surface area contributed by atoms with E-state index in [0.29, 0.717) is 11.4 Å². The second kappa shape index (κ2) is 8.98. The SMILES string of the molecule is COC(=O)c1ccccc1NC(=O)COC(=O)c1cccnc1N1CCCC1. The van der Waals surface area contributed by atoms with Gasteiger partial charge in [-0.3, -0.25) is 4.79 Å². The number of para-hydroxylation sites is 1. The number of rotatable bonds is 6. The highest BCUT2D eigenvalue weighted by Crippen LogP contribution is 2.22. The van der Waals surface area contributed by atoms with Gasteiger partial charge in [0.15, 0.2) is 6.61 Å². The van der Waals surface area contributed by atoms with E-state index in [-0.39, 0.29) is 11.3 Å². The number of methoxy groups -OCH3 is 1. The Morgan fingerprint density at radius 2 is 1.75 bits per heavy atom. The fraction of sp³-hybridized carbons (Fsp3) is 0.300. The van der Waals surface area contributed by atoms with Gasteiger partial charge in [-0.1, -0.05) is 12.1 Å². The van der Waals surface area contributed by atoms with Crippen molar-refractivity contribution in [3.8, 4) is 0 Å². The van der Waals surface area contributed by atoms with Gasteiger partial charge >= 0.3 is 11.9 Å². The minimum atomic E-state index is -0.619. The van der Waals surface area contributed by atoms with E-state index in [0.717, 1.165) is 25.9 Å². The zero-order valence-electron chi connectivity index (χ0n) is 15.5. The molecule has 2 heterocycles. The van der Waals surface area contributed by atoms with Crippen molar-refractivity contribution in [2.75, 3.05) is 37.0 Å². The van der Waals surface area contributed by atoms with Gasteiger partial charge in [-0.05, 0) is 37.1 Å². The van der Waals surface area contributed by atoms with Crippen molar-refractivity contribution in [2.24, 2.45) is 0 Å². The number of aromatic nitrogens is 1. The molecule has 1 aliphatic heterocycles. The number of ether oxygens (including phenoxy) is 2. The Bertz CT molecular complexity index is 878. The number of hydrogen-bond donors (Lipinski definition) is 1. The molecule has 1 N–H and O–H groups in total. The molecule has 1 aliphatic rings. The van der Waals surface area contributed by atoms with Crippen LogP contribution >= 0.6 is 0 Å². The van der Waals surface area contributed by atoms with Crippen LogP contribution in [0.4, 0.5) is 11.5 Å². The minimum absolute atomic E-state index is 0.216. The van der Waals surface area contributed by atoms with Crippen LogP contribution in [0.1, 0.15) is 33.6 Å². The molecule has 0 atom stereocenters. The van der Waals surface area contributed by atoms with Crippen LogP contribution < -0.4 is 10.2 Å². The summed E-state index contributed by atoms with van der Waals surface area (Å²) < 4.78 is 9.84. The van der Waals surface area contributed by atoms with E-state index in [4.69, 9.17) is 4.74 Å². The first kappa shape index (κ1) is 19.3. The third-order valence-corrected chi connectivity index (χ3v) is 4.35. The Kier molecular flexibility index (Phi) is 6.21. The van der Waals surface area contributed by atoms with Crippen LogP contribution in [0, 0.1) is 0 Å². The molecular formula is C20H21N3O5. The molecular weight excluding hydrogens is 362 g/mol. The summed E-state index contributed by atoms with van der Waals surface area (Å²) in [5, 5.41) is 2.56. The molecule has 2 aromatic rings. The van der Waals surface area contributed by atoms with Gasteiger partial charge in [-0.15, -0.1) is 0 Å². The van der Waals surface area contributed by atoms with Crippen molar-refractivity contribution >= 4 is 29.4 Å². The molecule has 1 aromatic heterocycles. The predicted octanol–water partition coefficient (Wildman–Crippen LogP) is 2.26. The quantitative estimate of drug-likeness (QED) is 0.764. The molecule has 0 bridgehead atoms. The van der Waals surface area contributed by atoms with E-state index in [1.165, 1.54) is 13.2 Å². The van der Waals surface area contributed by atoms with Crippen molar-refractivity contribution in [2.45, 2.75) is 12.8 Å². The average molecular weight is 383 g/mol. The first-order chi connectivity index (χ1) is 13.6. The van der Waals surface area contributed by atoms with Crippen LogP contribution in [0.15, 0.2) is 42.6 Å².